The highest BCUT2D eigenvalue weighted by atomic mass is 16.5. The van der Waals surface area contributed by atoms with Crippen molar-refractivity contribution in [2.45, 2.75) is 69.1 Å². The average Bonchev–Trinajstić information content (AvgIpc) is 3.30. The van der Waals surface area contributed by atoms with E-state index in [1.54, 1.807) is 0 Å². The van der Waals surface area contributed by atoms with Crippen LogP contribution in [0, 0.1) is 0 Å². The van der Waals surface area contributed by atoms with E-state index in [1.165, 1.54) is 11.3 Å². The van der Waals surface area contributed by atoms with Gasteiger partial charge in [0.2, 0.25) is 0 Å². The van der Waals surface area contributed by atoms with E-state index in [0.29, 0.717) is 5.92 Å². The van der Waals surface area contributed by atoms with E-state index in [-0.39, 0.29) is 24.8 Å². The molecule has 2 aromatic rings. The molecule has 1 aliphatic carbocycles. The van der Waals surface area contributed by atoms with Gasteiger partial charge in [0.05, 0.1) is 13.7 Å². The molecule has 1 aromatic heterocycles. The van der Waals surface area contributed by atoms with Crippen LogP contribution in [0.5, 0.6) is 0 Å². The van der Waals surface area contributed by atoms with Crippen molar-refractivity contribution < 1.29 is 11.2 Å². The van der Waals surface area contributed by atoms with Gasteiger partial charge in [-0.05, 0) is 56.6 Å². The summed E-state index contributed by atoms with van der Waals surface area (Å²) in [6, 6.07) is 8.54. The van der Waals surface area contributed by atoms with Crippen molar-refractivity contribution in [1.29, 1.82) is 0 Å². The minimum absolute atomic E-state index is 0.00529. The van der Waals surface area contributed by atoms with Crippen LogP contribution in [0.3, 0.4) is 0 Å². The number of benzene rings is 1. The van der Waals surface area contributed by atoms with E-state index >= 15 is 0 Å². The predicted molar refractivity (Wildman–Crippen MR) is 110 cm³/mol. The first-order valence-corrected chi connectivity index (χ1v) is 10.7. The van der Waals surface area contributed by atoms with Gasteiger partial charge in [-0.15, -0.1) is 0 Å². The largest absolute Gasteiger partial charge is 0.392 e. The van der Waals surface area contributed by atoms with Crippen molar-refractivity contribution in [3.8, 4) is 0 Å². The molecule has 0 bridgehead atoms. The number of anilines is 1. The summed E-state index contributed by atoms with van der Waals surface area (Å²) < 4.78 is 16.7. The van der Waals surface area contributed by atoms with Crippen LogP contribution in [0.4, 0.5) is 5.69 Å². The molecular weight excluding hydrogens is 350 g/mol. The van der Waals surface area contributed by atoms with Crippen molar-refractivity contribution in [2.24, 2.45) is 0 Å². The van der Waals surface area contributed by atoms with Crippen LogP contribution < -0.4 is 4.90 Å². The zero-order valence-corrected chi connectivity index (χ0v) is 16.7. The summed E-state index contributed by atoms with van der Waals surface area (Å²) >= 11 is 0. The maximum Gasteiger partial charge on any atom is 0.150 e. The lowest BCUT2D eigenvalue weighted by molar-refractivity contribution is -0.0398. The van der Waals surface area contributed by atoms with Crippen LogP contribution in [0.25, 0.3) is 0 Å². The molecule has 3 heterocycles. The number of fused-ring (bicyclic) bond motifs is 2. The Morgan fingerprint density at radius 2 is 2.07 bits per heavy atom. The second-order valence-corrected chi connectivity index (χ2v) is 8.69. The van der Waals surface area contributed by atoms with Crippen LogP contribution in [-0.4, -0.2) is 35.1 Å². The Morgan fingerprint density at radius 1 is 1.25 bits per heavy atom. The number of nitrogens with zero attached hydrogens (tertiary/aromatic N) is 3. The molecule has 1 N–H and O–H groups in total. The minimum Gasteiger partial charge on any atom is -0.392 e. The Bertz CT molecular complexity index is 869. The normalized spacial score (nSPS) is 33.1. The van der Waals surface area contributed by atoms with Crippen LogP contribution in [-0.2, 0) is 16.8 Å². The van der Waals surface area contributed by atoms with Gasteiger partial charge in [-0.2, -0.15) is 5.10 Å². The Labute approximate surface area is 168 Å². The first-order chi connectivity index (χ1) is 14.1. The molecule has 0 amide bonds. The van der Waals surface area contributed by atoms with Crippen molar-refractivity contribution in [1.82, 2.24) is 9.78 Å². The molecule has 1 saturated carbocycles. The van der Waals surface area contributed by atoms with Gasteiger partial charge in [0.15, 0.2) is 0 Å². The lowest BCUT2D eigenvalue weighted by atomic mass is 9.67. The maximum absolute atomic E-state index is 9.94. The number of para-hydroxylation sites is 1. The molecule has 1 aromatic carbocycles. The monoisotopic (exact) mass is 382 g/mol. The molecule has 2 atom stereocenters. The second kappa shape index (κ2) is 7.20. The van der Waals surface area contributed by atoms with Gasteiger partial charge in [-0.1, -0.05) is 18.2 Å². The molecule has 5 nitrogen and oxygen atoms in total. The van der Waals surface area contributed by atoms with Crippen LogP contribution in [0.15, 0.2) is 30.5 Å². The predicted octanol–water partition coefficient (Wildman–Crippen LogP) is 4.12. The zero-order chi connectivity index (χ0) is 20.0. The number of aromatic nitrogens is 2. The number of rotatable bonds is 3. The van der Waals surface area contributed by atoms with Gasteiger partial charge in [-0.25, -0.2) is 4.68 Å². The highest BCUT2D eigenvalue weighted by Crippen LogP contribution is 2.51. The standard InChI is InChI=1S/C23H31N3O2/c1-25-16-23(19-6-2-3-7-20(19)25)11-9-17(10-12-23)22-18(15-27)14-26(24-22)21-8-4-5-13-28-21/h2-3,6-7,14,17,21,27H,4-5,8-13,15-16H2,1H3/i16D. The smallest absolute Gasteiger partial charge is 0.150 e. The van der Waals surface area contributed by atoms with Gasteiger partial charge in [0, 0.05) is 49.0 Å². The first kappa shape index (κ1) is 17.0. The number of ether oxygens (including phenoxy) is 1. The fraction of sp³-hybridized carbons (Fsp3) is 0.609. The average molecular weight is 383 g/mol. The molecular formula is C23H31N3O2. The summed E-state index contributed by atoms with van der Waals surface area (Å²) in [7, 11) is 2.05. The fourth-order valence-electron chi connectivity index (χ4n) is 5.51. The van der Waals surface area contributed by atoms with Crippen LogP contribution >= 0.6 is 0 Å². The molecule has 3 aliphatic rings. The van der Waals surface area contributed by atoms with E-state index in [9.17, 15) is 5.11 Å². The van der Waals surface area contributed by atoms with Crippen LogP contribution in [0.2, 0.25) is 0 Å². The summed E-state index contributed by atoms with van der Waals surface area (Å²) in [6.07, 6.45) is 9.26. The van der Waals surface area contributed by atoms with E-state index in [2.05, 4.69) is 29.2 Å². The summed E-state index contributed by atoms with van der Waals surface area (Å²) in [5.41, 5.74) is 4.44. The van der Waals surface area contributed by atoms with Crippen molar-refractivity contribution in [2.75, 3.05) is 25.1 Å². The zero-order valence-electron chi connectivity index (χ0n) is 17.7. The van der Waals surface area contributed by atoms with E-state index < -0.39 is 0 Å². The topological polar surface area (TPSA) is 50.5 Å². The molecule has 1 saturated heterocycles. The number of hydrogen-bond donors (Lipinski definition) is 1. The lowest BCUT2D eigenvalue weighted by Gasteiger charge is -2.37. The maximum atomic E-state index is 9.94. The minimum atomic E-state index is -0.230. The number of aliphatic hydroxyl groups excluding tert-OH is 1. The fourth-order valence-corrected chi connectivity index (χ4v) is 5.51. The molecule has 28 heavy (non-hydrogen) atoms. The molecule has 2 unspecified atom stereocenters. The summed E-state index contributed by atoms with van der Waals surface area (Å²) in [5.74, 6) is 0.345. The number of likely N-dealkylation sites (N-methyl/N-ethyl adjacent to an activating group) is 1. The quantitative estimate of drug-likeness (QED) is 0.868. The molecule has 5 heteroatoms. The number of hydrogen-bond acceptors (Lipinski definition) is 4. The summed E-state index contributed by atoms with van der Waals surface area (Å²) in [6.45, 7) is 0.584. The molecule has 1 spiro atoms. The van der Waals surface area contributed by atoms with E-state index in [4.69, 9.17) is 11.2 Å². The first-order valence-electron chi connectivity index (χ1n) is 11.3. The SMILES string of the molecule is [2H]C1N(C)c2ccccc2C12CCC(c1nn(C3CCCCO3)cc1CO)CC2. The van der Waals surface area contributed by atoms with E-state index in [0.717, 1.165) is 62.8 Å². The van der Waals surface area contributed by atoms with Crippen molar-refractivity contribution in [3.63, 3.8) is 0 Å². The molecule has 2 aliphatic heterocycles. The van der Waals surface area contributed by atoms with E-state index in [1.807, 2.05) is 17.9 Å². The van der Waals surface area contributed by atoms with Gasteiger partial charge >= 0.3 is 0 Å². The molecule has 2 fully saturated rings. The highest BCUT2D eigenvalue weighted by Gasteiger charge is 2.44. The summed E-state index contributed by atoms with van der Waals surface area (Å²) in [4.78, 5) is 2.13. The third kappa shape index (κ3) is 2.96. The van der Waals surface area contributed by atoms with Gasteiger partial charge < -0.3 is 14.7 Å². The molecule has 150 valence electrons. The lowest BCUT2D eigenvalue weighted by Crippen LogP contribution is -2.35. The highest BCUT2D eigenvalue weighted by molar-refractivity contribution is 5.62. The van der Waals surface area contributed by atoms with Gasteiger partial charge in [0.25, 0.3) is 0 Å². The Kier molecular flexibility index (Phi) is 4.38. The van der Waals surface area contributed by atoms with Gasteiger partial charge in [0.1, 0.15) is 6.23 Å². The molecule has 0 radical (unpaired) electrons. The molecule has 5 rings (SSSR count). The van der Waals surface area contributed by atoms with Gasteiger partial charge in [-0.3, -0.25) is 0 Å². The Hall–Kier alpha value is -1.85. The second-order valence-electron chi connectivity index (χ2n) is 8.69. The van der Waals surface area contributed by atoms with Crippen molar-refractivity contribution >= 4 is 5.69 Å². The third-order valence-electron chi connectivity index (χ3n) is 6.99. The number of aliphatic hydroxyl groups is 1. The Balaban J connectivity index is 1.38. The summed E-state index contributed by atoms with van der Waals surface area (Å²) in [5, 5.41) is 14.8. The van der Waals surface area contributed by atoms with Crippen LogP contribution in [0.1, 0.15) is 75.3 Å². The third-order valence-corrected chi connectivity index (χ3v) is 6.99. The Morgan fingerprint density at radius 3 is 2.82 bits per heavy atom. The van der Waals surface area contributed by atoms with Crippen molar-refractivity contribution in [3.05, 3.63) is 47.3 Å².